The molecule has 0 N–H and O–H groups in total. The average Bonchev–Trinajstić information content (AvgIpc) is 1.82. The Bertz CT molecular complexity index is 170. The highest BCUT2D eigenvalue weighted by molar-refractivity contribution is 6.76. The van der Waals surface area contributed by atoms with Gasteiger partial charge in [-0.05, 0) is 6.04 Å². The molecule has 1 unspecified atom stereocenters. The molecule has 2 nitrogen and oxygen atoms in total. The van der Waals surface area contributed by atoms with Gasteiger partial charge >= 0.3 is 5.97 Å². The summed E-state index contributed by atoms with van der Waals surface area (Å²) < 4.78 is 5.05. The first-order chi connectivity index (χ1) is 5.35. The molecule has 12 heavy (non-hydrogen) atoms. The Morgan fingerprint density at radius 1 is 1.58 bits per heavy atom. The molecule has 1 atom stereocenters. The molecule has 0 saturated carbocycles. The summed E-state index contributed by atoms with van der Waals surface area (Å²) in [6, 6.07) is 0.954. The van der Waals surface area contributed by atoms with Crippen LogP contribution in [0.5, 0.6) is 0 Å². The van der Waals surface area contributed by atoms with Crippen LogP contribution in [0, 0.1) is 0 Å². The van der Waals surface area contributed by atoms with Crippen molar-refractivity contribution in [1.29, 1.82) is 0 Å². The van der Waals surface area contributed by atoms with E-state index in [0.717, 1.165) is 6.04 Å². The Balaban J connectivity index is 4.00. The molecule has 0 rings (SSSR count). The minimum Gasteiger partial charge on any atom is -0.459 e. The van der Waals surface area contributed by atoms with E-state index in [0.29, 0.717) is 0 Å². The van der Waals surface area contributed by atoms with Gasteiger partial charge in [0.05, 0.1) is 0 Å². The van der Waals surface area contributed by atoms with Crippen LogP contribution in [0.1, 0.15) is 6.92 Å². The number of ether oxygens (including phenoxy) is 1. The maximum atomic E-state index is 10.6. The Kier molecular flexibility index (Phi) is 4.24. The van der Waals surface area contributed by atoms with Gasteiger partial charge in [-0.2, -0.15) is 0 Å². The van der Waals surface area contributed by atoms with Crippen molar-refractivity contribution >= 4 is 14.0 Å². The summed E-state index contributed by atoms with van der Waals surface area (Å²) in [5.41, 5.74) is 0. The quantitative estimate of drug-likeness (QED) is 0.383. The molecule has 0 heterocycles. The van der Waals surface area contributed by atoms with Gasteiger partial charge in [0.25, 0.3) is 0 Å². The summed E-state index contributed by atoms with van der Waals surface area (Å²) in [5.74, 6) is -0.224. The number of hydrogen-bond donors (Lipinski definition) is 0. The summed E-state index contributed by atoms with van der Waals surface area (Å²) in [7, 11) is -1.16. The number of rotatable bonds is 4. The predicted octanol–water partition coefficient (Wildman–Crippen LogP) is 2.44. The summed E-state index contributed by atoms with van der Waals surface area (Å²) in [6.45, 7) is 11.8. The van der Waals surface area contributed by atoms with Crippen LogP contribution in [0.2, 0.25) is 25.7 Å². The van der Waals surface area contributed by atoms with Crippen molar-refractivity contribution in [3.05, 3.63) is 12.7 Å². The third-order valence-corrected chi connectivity index (χ3v) is 3.02. The standard InChI is InChI=1S/C9H18O2Si/c1-6-9(11-8(2)10)7-12(3,4)5/h6,9H,1,7H2,2-5H3. The topological polar surface area (TPSA) is 26.3 Å². The van der Waals surface area contributed by atoms with Crippen LogP contribution in [-0.2, 0) is 9.53 Å². The molecule has 0 aromatic carbocycles. The van der Waals surface area contributed by atoms with Crippen LogP contribution < -0.4 is 0 Å². The lowest BCUT2D eigenvalue weighted by atomic mass is 10.4. The van der Waals surface area contributed by atoms with E-state index in [2.05, 4.69) is 26.2 Å². The SMILES string of the molecule is C=CC(C[Si](C)(C)C)OC(C)=O. The largest absolute Gasteiger partial charge is 0.459 e. The Morgan fingerprint density at radius 3 is 2.33 bits per heavy atom. The highest BCUT2D eigenvalue weighted by atomic mass is 28.3. The minimum atomic E-state index is -1.16. The summed E-state index contributed by atoms with van der Waals surface area (Å²) >= 11 is 0. The molecule has 0 bridgehead atoms. The van der Waals surface area contributed by atoms with Gasteiger partial charge in [-0.15, -0.1) is 0 Å². The van der Waals surface area contributed by atoms with Crippen molar-refractivity contribution in [3.63, 3.8) is 0 Å². The van der Waals surface area contributed by atoms with E-state index in [1.54, 1.807) is 6.08 Å². The van der Waals surface area contributed by atoms with Crippen molar-refractivity contribution in [2.75, 3.05) is 0 Å². The average molecular weight is 186 g/mol. The molecule has 70 valence electrons. The van der Waals surface area contributed by atoms with Gasteiger partial charge < -0.3 is 4.74 Å². The Labute approximate surface area is 75.6 Å². The number of esters is 1. The smallest absolute Gasteiger partial charge is 0.303 e. The van der Waals surface area contributed by atoms with Crippen molar-refractivity contribution in [1.82, 2.24) is 0 Å². The van der Waals surface area contributed by atoms with Crippen molar-refractivity contribution < 1.29 is 9.53 Å². The molecule has 0 radical (unpaired) electrons. The van der Waals surface area contributed by atoms with Crippen LogP contribution in [0.25, 0.3) is 0 Å². The van der Waals surface area contributed by atoms with E-state index < -0.39 is 8.07 Å². The monoisotopic (exact) mass is 186 g/mol. The lowest BCUT2D eigenvalue weighted by Crippen LogP contribution is -2.28. The van der Waals surface area contributed by atoms with E-state index in [-0.39, 0.29) is 12.1 Å². The van der Waals surface area contributed by atoms with Gasteiger partial charge in [-0.3, -0.25) is 4.79 Å². The van der Waals surface area contributed by atoms with Crippen molar-refractivity contribution in [2.45, 2.75) is 38.7 Å². The molecule has 0 aliphatic rings. The van der Waals surface area contributed by atoms with Crippen LogP contribution in [-0.4, -0.2) is 20.1 Å². The summed E-state index contributed by atoms with van der Waals surface area (Å²) in [6.07, 6.45) is 1.62. The molecule has 0 fully saturated rings. The maximum Gasteiger partial charge on any atom is 0.303 e. The van der Waals surface area contributed by atoms with Gasteiger partial charge in [-0.25, -0.2) is 0 Å². The fourth-order valence-corrected chi connectivity index (χ4v) is 2.45. The van der Waals surface area contributed by atoms with Crippen LogP contribution >= 0.6 is 0 Å². The molecule has 0 amide bonds. The molecular weight excluding hydrogens is 168 g/mol. The van der Waals surface area contributed by atoms with Gasteiger partial charge in [0.1, 0.15) is 6.10 Å². The predicted molar refractivity (Wildman–Crippen MR) is 53.9 cm³/mol. The van der Waals surface area contributed by atoms with E-state index in [4.69, 9.17) is 4.74 Å². The Morgan fingerprint density at radius 2 is 2.08 bits per heavy atom. The minimum absolute atomic E-state index is 0.0887. The first-order valence-corrected chi connectivity index (χ1v) is 7.85. The summed E-state index contributed by atoms with van der Waals surface area (Å²) in [4.78, 5) is 10.6. The van der Waals surface area contributed by atoms with Crippen LogP contribution in [0.15, 0.2) is 12.7 Å². The second kappa shape index (κ2) is 4.45. The second-order valence-corrected chi connectivity index (χ2v) is 9.68. The Hall–Kier alpha value is -0.573. The third kappa shape index (κ3) is 6.16. The highest BCUT2D eigenvalue weighted by Gasteiger charge is 2.19. The lowest BCUT2D eigenvalue weighted by Gasteiger charge is -2.21. The fraction of sp³-hybridized carbons (Fsp3) is 0.667. The molecule has 0 aliphatic heterocycles. The zero-order valence-electron chi connectivity index (χ0n) is 8.39. The molecule has 0 aromatic rings. The first-order valence-electron chi connectivity index (χ1n) is 4.15. The van der Waals surface area contributed by atoms with Crippen LogP contribution in [0.4, 0.5) is 0 Å². The van der Waals surface area contributed by atoms with E-state index in [1.807, 2.05) is 0 Å². The van der Waals surface area contributed by atoms with E-state index in [1.165, 1.54) is 6.92 Å². The third-order valence-electron chi connectivity index (χ3n) is 1.39. The normalized spacial score (nSPS) is 13.7. The molecule has 0 aromatic heterocycles. The first kappa shape index (κ1) is 11.4. The second-order valence-electron chi connectivity index (χ2n) is 4.15. The molecule has 3 heteroatoms. The van der Waals surface area contributed by atoms with Gasteiger partial charge in [0.15, 0.2) is 0 Å². The number of hydrogen-bond acceptors (Lipinski definition) is 2. The molecular formula is C9H18O2Si. The van der Waals surface area contributed by atoms with Crippen molar-refractivity contribution in [3.8, 4) is 0 Å². The van der Waals surface area contributed by atoms with E-state index in [9.17, 15) is 4.79 Å². The highest BCUT2D eigenvalue weighted by Crippen LogP contribution is 2.14. The van der Waals surface area contributed by atoms with Gasteiger partial charge in [0, 0.05) is 15.0 Å². The van der Waals surface area contributed by atoms with Crippen molar-refractivity contribution in [2.24, 2.45) is 0 Å². The fourth-order valence-electron chi connectivity index (χ4n) is 0.990. The van der Waals surface area contributed by atoms with Gasteiger partial charge in [-0.1, -0.05) is 32.3 Å². The zero-order valence-corrected chi connectivity index (χ0v) is 9.39. The number of carbonyl (C=O) groups excluding carboxylic acids is 1. The maximum absolute atomic E-state index is 10.6. The molecule has 0 aliphatic carbocycles. The van der Waals surface area contributed by atoms with E-state index >= 15 is 0 Å². The van der Waals surface area contributed by atoms with Crippen LogP contribution in [0.3, 0.4) is 0 Å². The zero-order chi connectivity index (χ0) is 9.78. The molecule has 0 saturated heterocycles. The lowest BCUT2D eigenvalue weighted by molar-refractivity contribution is -0.143. The molecule has 0 spiro atoms. The number of carbonyl (C=O) groups is 1. The summed E-state index contributed by atoms with van der Waals surface area (Å²) in [5, 5.41) is 0. The van der Waals surface area contributed by atoms with Gasteiger partial charge in [0.2, 0.25) is 0 Å².